The van der Waals surface area contributed by atoms with Crippen LogP contribution in [0.3, 0.4) is 0 Å². The molecular formula is C56H41NS. The van der Waals surface area contributed by atoms with E-state index in [1.165, 1.54) is 109 Å². The maximum absolute atomic E-state index is 2.51. The average Bonchev–Trinajstić information content (AvgIpc) is 3.82. The first kappa shape index (κ1) is 34.5. The van der Waals surface area contributed by atoms with Gasteiger partial charge in [0.25, 0.3) is 0 Å². The van der Waals surface area contributed by atoms with Gasteiger partial charge in [0.05, 0.1) is 11.0 Å². The van der Waals surface area contributed by atoms with Crippen LogP contribution in [0.5, 0.6) is 0 Å². The Balaban J connectivity index is 1.04. The second-order valence-corrected chi connectivity index (χ2v) is 16.6. The molecule has 2 heterocycles. The van der Waals surface area contributed by atoms with E-state index in [1.54, 1.807) is 0 Å². The van der Waals surface area contributed by atoms with Gasteiger partial charge in [-0.25, -0.2) is 0 Å². The number of hydrogen-bond donors (Lipinski definition) is 0. The Morgan fingerprint density at radius 2 is 1.14 bits per heavy atom. The Bertz CT molecular complexity index is 3340. The number of rotatable bonds is 7. The van der Waals surface area contributed by atoms with E-state index in [2.05, 4.69) is 213 Å². The van der Waals surface area contributed by atoms with E-state index < -0.39 is 0 Å². The predicted molar refractivity (Wildman–Crippen MR) is 251 cm³/mol. The third kappa shape index (κ3) is 5.59. The molecule has 0 fully saturated rings. The lowest BCUT2D eigenvalue weighted by Gasteiger charge is -2.22. The minimum Gasteiger partial charge on any atom is -0.309 e. The molecule has 1 nitrogen and oxygen atoms in total. The molecule has 0 spiro atoms. The first-order valence-corrected chi connectivity index (χ1v) is 21.2. The van der Waals surface area contributed by atoms with Crippen molar-refractivity contribution in [2.24, 2.45) is 0 Å². The largest absolute Gasteiger partial charge is 0.309 e. The van der Waals surface area contributed by atoms with Crippen molar-refractivity contribution >= 4 is 64.1 Å². The maximum Gasteiger partial charge on any atom is 0.0547 e. The highest BCUT2D eigenvalue weighted by Gasteiger charge is 2.22. The molecule has 11 rings (SSSR count). The van der Waals surface area contributed by atoms with Crippen LogP contribution in [0.4, 0.5) is 0 Å². The molecule has 11 aromatic rings. The van der Waals surface area contributed by atoms with Gasteiger partial charge < -0.3 is 4.57 Å². The molecule has 0 saturated heterocycles. The van der Waals surface area contributed by atoms with Crippen LogP contribution in [-0.4, -0.2) is 4.57 Å². The second-order valence-electron chi connectivity index (χ2n) is 15.6. The summed E-state index contributed by atoms with van der Waals surface area (Å²) in [4.78, 5) is 0. The molecule has 58 heavy (non-hydrogen) atoms. The molecule has 0 amide bonds. The van der Waals surface area contributed by atoms with Crippen molar-refractivity contribution in [3.05, 3.63) is 211 Å². The van der Waals surface area contributed by atoms with Crippen LogP contribution in [0.25, 0.3) is 91.8 Å². The van der Waals surface area contributed by atoms with Crippen molar-refractivity contribution in [3.8, 4) is 39.1 Å². The van der Waals surface area contributed by atoms with Gasteiger partial charge in [-0.1, -0.05) is 159 Å². The third-order valence-corrected chi connectivity index (χ3v) is 13.5. The summed E-state index contributed by atoms with van der Waals surface area (Å²) in [7, 11) is 0. The zero-order chi connectivity index (χ0) is 38.7. The fraction of sp³-hybridized carbons (Fsp3) is 0.0714. The summed E-state index contributed by atoms with van der Waals surface area (Å²) < 4.78 is 5.09. The molecule has 9 aromatic carbocycles. The zero-order valence-corrected chi connectivity index (χ0v) is 33.4. The third-order valence-electron chi connectivity index (χ3n) is 12.3. The minimum atomic E-state index is 0.217. The number of benzene rings is 9. The molecule has 0 saturated carbocycles. The molecule has 0 N–H and O–H groups in total. The average molecular weight is 760 g/mol. The van der Waals surface area contributed by atoms with Gasteiger partial charge in [0.15, 0.2) is 0 Å². The van der Waals surface area contributed by atoms with Crippen LogP contribution in [-0.2, 0) is 0 Å². The highest BCUT2D eigenvalue weighted by atomic mass is 32.1. The van der Waals surface area contributed by atoms with Crippen molar-refractivity contribution in [3.63, 3.8) is 0 Å². The van der Waals surface area contributed by atoms with E-state index >= 15 is 0 Å². The van der Waals surface area contributed by atoms with Gasteiger partial charge in [-0.05, 0) is 111 Å². The highest BCUT2D eigenvalue weighted by Crippen LogP contribution is 2.46. The summed E-state index contributed by atoms with van der Waals surface area (Å²) in [6, 6.07) is 72.1. The van der Waals surface area contributed by atoms with Crippen molar-refractivity contribution < 1.29 is 0 Å². The number of nitrogens with zero attached hydrogens (tertiary/aromatic N) is 1. The van der Waals surface area contributed by atoms with Crippen LogP contribution in [0.2, 0.25) is 0 Å². The van der Waals surface area contributed by atoms with Crippen molar-refractivity contribution in [1.82, 2.24) is 4.57 Å². The summed E-state index contributed by atoms with van der Waals surface area (Å²) >= 11 is 1.92. The van der Waals surface area contributed by atoms with E-state index in [4.69, 9.17) is 0 Å². The number of aryl methyl sites for hydroxylation is 1. The second kappa shape index (κ2) is 14.0. The van der Waals surface area contributed by atoms with Gasteiger partial charge in [-0.2, -0.15) is 0 Å². The standard InChI is InChI=1S/C56H41NS/c1-3-42(40-33-51(47-25-15-17-37-16-7-8-20-44(37)47)56-52(34-40)50-24-12-14-27-55(50)58-56)45-21-9-10-22-46(45)43-30-28-38(32-36(43)2)39-29-31-49-48-23-11-13-26-53(48)57(54(49)35-39)41-18-5-4-6-19-41/h4-35,42H,3H2,1-2H3. The molecule has 1 atom stereocenters. The van der Waals surface area contributed by atoms with Gasteiger partial charge in [-0.3, -0.25) is 0 Å². The van der Waals surface area contributed by atoms with Gasteiger partial charge >= 0.3 is 0 Å². The fourth-order valence-electron chi connectivity index (χ4n) is 9.54. The van der Waals surface area contributed by atoms with E-state index in [-0.39, 0.29) is 5.92 Å². The van der Waals surface area contributed by atoms with E-state index in [9.17, 15) is 0 Å². The number of fused-ring (bicyclic) bond motifs is 7. The lowest BCUT2D eigenvalue weighted by atomic mass is 9.81. The normalized spacial score (nSPS) is 12.3. The summed E-state index contributed by atoms with van der Waals surface area (Å²) in [5.41, 5.74) is 15.3. The number of aromatic nitrogens is 1. The zero-order valence-electron chi connectivity index (χ0n) is 32.6. The van der Waals surface area contributed by atoms with E-state index in [0.29, 0.717) is 0 Å². The summed E-state index contributed by atoms with van der Waals surface area (Å²) in [6.45, 7) is 4.62. The lowest BCUT2D eigenvalue weighted by molar-refractivity contribution is 0.780. The molecule has 0 radical (unpaired) electrons. The van der Waals surface area contributed by atoms with Crippen LogP contribution in [0, 0.1) is 6.92 Å². The van der Waals surface area contributed by atoms with Crippen LogP contribution < -0.4 is 0 Å². The van der Waals surface area contributed by atoms with Crippen LogP contribution in [0.15, 0.2) is 194 Å². The molecule has 2 aromatic heterocycles. The van der Waals surface area contributed by atoms with E-state index in [1.807, 2.05) is 11.3 Å². The van der Waals surface area contributed by atoms with E-state index in [0.717, 1.165) is 6.42 Å². The Morgan fingerprint density at radius 3 is 2.00 bits per heavy atom. The number of para-hydroxylation sites is 2. The molecule has 0 aliphatic carbocycles. The van der Waals surface area contributed by atoms with Crippen molar-refractivity contribution in [1.29, 1.82) is 0 Å². The Morgan fingerprint density at radius 1 is 0.466 bits per heavy atom. The predicted octanol–water partition coefficient (Wildman–Crippen LogP) is 16.2. The molecule has 2 heteroatoms. The highest BCUT2D eigenvalue weighted by molar-refractivity contribution is 7.26. The van der Waals surface area contributed by atoms with Gasteiger partial charge in [0, 0.05) is 48.1 Å². The fourth-order valence-corrected chi connectivity index (χ4v) is 10.8. The lowest BCUT2D eigenvalue weighted by Crippen LogP contribution is -2.03. The van der Waals surface area contributed by atoms with Crippen LogP contribution in [0.1, 0.15) is 36.0 Å². The first-order valence-electron chi connectivity index (χ1n) is 20.4. The Labute approximate surface area is 343 Å². The van der Waals surface area contributed by atoms with Crippen molar-refractivity contribution in [2.45, 2.75) is 26.2 Å². The SMILES string of the molecule is CCC(c1cc(-c2cccc3ccccc23)c2sc3ccccc3c2c1)c1ccccc1-c1ccc(-c2ccc3c4ccccc4n(-c4ccccc4)c3c2)cc1C. The molecule has 276 valence electrons. The Hall–Kier alpha value is -6.74. The number of thiophene rings is 1. The topological polar surface area (TPSA) is 4.93 Å². The summed E-state index contributed by atoms with van der Waals surface area (Å²) in [6.07, 6.45) is 0.992. The van der Waals surface area contributed by atoms with Gasteiger partial charge in [0.1, 0.15) is 0 Å². The molecule has 0 aliphatic rings. The van der Waals surface area contributed by atoms with Crippen molar-refractivity contribution in [2.75, 3.05) is 0 Å². The quantitative estimate of drug-likeness (QED) is 0.152. The Kier molecular flexibility index (Phi) is 8.34. The molecule has 1 unspecified atom stereocenters. The van der Waals surface area contributed by atoms with Crippen LogP contribution >= 0.6 is 11.3 Å². The monoisotopic (exact) mass is 759 g/mol. The number of hydrogen-bond acceptors (Lipinski definition) is 1. The summed E-state index contributed by atoms with van der Waals surface area (Å²) in [5.74, 6) is 0.217. The molecule has 0 aliphatic heterocycles. The van der Waals surface area contributed by atoms with Gasteiger partial charge in [-0.15, -0.1) is 11.3 Å². The smallest absolute Gasteiger partial charge is 0.0547 e. The summed E-state index contributed by atoms with van der Waals surface area (Å²) in [5, 5.41) is 7.80. The molecule has 0 bridgehead atoms. The maximum atomic E-state index is 2.51. The first-order chi connectivity index (χ1) is 28.6. The molecular weight excluding hydrogens is 719 g/mol. The minimum absolute atomic E-state index is 0.217. The van der Waals surface area contributed by atoms with Gasteiger partial charge in [0.2, 0.25) is 0 Å².